The van der Waals surface area contributed by atoms with E-state index in [1.54, 1.807) is 17.8 Å². The molecule has 0 N–H and O–H groups in total. The average Bonchev–Trinajstić information content (AvgIpc) is 2.46. The van der Waals surface area contributed by atoms with Gasteiger partial charge < -0.3 is 9.80 Å². The van der Waals surface area contributed by atoms with E-state index in [4.69, 9.17) is 5.26 Å². The smallest absolute Gasteiger partial charge is 0.0939 e. The summed E-state index contributed by atoms with van der Waals surface area (Å²) in [6.07, 6.45) is 3.66. The monoisotopic (exact) mass is 259 g/mol. The molecule has 0 unspecified atom stereocenters. The molecular formula is C14H17N3S. The van der Waals surface area contributed by atoms with Crippen molar-refractivity contribution in [2.75, 3.05) is 37.3 Å². The first-order chi connectivity index (χ1) is 8.85. The van der Waals surface area contributed by atoms with Gasteiger partial charge in [0, 0.05) is 37.9 Å². The fraction of sp³-hybridized carbons (Fsp3) is 0.357. The van der Waals surface area contributed by atoms with E-state index in [9.17, 15) is 0 Å². The summed E-state index contributed by atoms with van der Waals surface area (Å²) in [5.74, 6) is 0. The van der Waals surface area contributed by atoms with Crippen LogP contribution in [-0.4, -0.2) is 37.3 Å². The van der Waals surface area contributed by atoms with E-state index in [1.165, 1.54) is 5.69 Å². The van der Waals surface area contributed by atoms with Crippen molar-refractivity contribution >= 4 is 17.4 Å². The summed E-state index contributed by atoms with van der Waals surface area (Å²) >= 11 is 1.64. The van der Waals surface area contributed by atoms with Crippen LogP contribution in [0.2, 0.25) is 0 Å². The minimum Gasteiger partial charge on any atom is -0.368 e. The van der Waals surface area contributed by atoms with Crippen molar-refractivity contribution in [3.63, 3.8) is 0 Å². The van der Waals surface area contributed by atoms with Gasteiger partial charge in [0.05, 0.1) is 11.1 Å². The van der Waals surface area contributed by atoms with Gasteiger partial charge >= 0.3 is 0 Å². The molecule has 0 bridgehead atoms. The molecular weight excluding hydrogens is 242 g/mol. The quantitative estimate of drug-likeness (QED) is 0.780. The van der Waals surface area contributed by atoms with Gasteiger partial charge in [-0.25, -0.2) is 0 Å². The molecule has 2 rings (SSSR count). The van der Waals surface area contributed by atoms with Crippen LogP contribution in [0.1, 0.15) is 0 Å². The zero-order chi connectivity index (χ0) is 12.8. The summed E-state index contributed by atoms with van der Waals surface area (Å²) in [5.41, 5.74) is 1.28. The Morgan fingerprint density at radius 2 is 1.89 bits per heavy atom. The molecule has 0 atom stereocenters. The zero-order valence-electron chi connectivity index (χ0n) is 10.5. The second kappa shape index (κ2) is 6.36. The summed E-state index contributed by atoms with van der Waals surface area (Å²) in [7, 11) is 0. The highest BCUT2D eigenvalue weighted by Crippen LogP contribution is 2.21. The number of anilines is 1. The van der Waals surface area contributed by atoms with Crippen LogP contribution < -0.4 is 4.90 Å². The lowest BCUT2D eigenvalue weighted by Crippen LogP contribution is -2.45. The Kier molecular flexibility index (Phi) is 4.54. The molecule has 18 heavy (non-hydrogen) atoms. The van der Waals surface area contributed by atoms with Gasteiger partial charge in [0.1, 0.15) is 0 Å². The van der Waals surface area contributed by atoms with Gasteiger partial charge in [-0.2, -0.15) is 5.26 Å². The fourth-order valence-corrected chi connectivity index (χ4v) is 2.77. The van der Waals surface area contributed by atoms with Gasteiger partial charge in [-0.3, -0.25) is 0 Å². The molecule has 4 heteroatoms. The number of para-hydroxylation sites is 1. The predicted octanol–water partition coefficient (Wildman–Crippen LogP) is 2.54. The number of hydrogen-bond donors (Lipinski definition) is 0. The van der Waals surface area contributed by atoms with E-state index >= 15 is 0 Å². The maximum atomic E-state index is 8.75. The van der Waals surface area contributed by atoms with Gasteiger partial charge in [-0.1, -0.05) is 18.2 Å². The maximum Gasteiger partial charge on any atom is 0.0939 e. The Balaban J connectivity index is 1.97. The first kappa shape index (κ1) is 12.8. The number of piperazine rings is 1. The lowest BCUT2D eigenvalue weighted by Gasteiger charge is -2.37. The third-order valence-electron chi connectivity index (χ3n) is 3.11. The zero-order valence-corrected chi connectivity index (χ0v) is 11.4. The normalized spacial score (nSPS) is 16.6. The number of nitriles is 1. The van der Waals surface area contributed by atoms with Gasteiger partial charge in [0.25, 0.3) is 0 Å². The molecule has 1 saturated heterocycles. The molecule has 1 aliphatic rings. The van der Waals surface area contributed by atoms with Crippen LogP contribution in [0.15, 0.2) is 41.4 Å². The van der Waals surface area contributed by atoms with Gasteiger partial charge in [-0.15, -0.1) is 11.8 Å². The topological polar surface area (TPSA) is 30.3 Å². The standard InChI is InChI=1S/C14H17N3S/c1-18-14(7-8-15)17-11-9-16(10-12-17)13-5-3-2-4-6-13/h2-7H,9-12H2,1H3/b14-7+. The molecule has 3 nitrogen and oxygen atoms in total. The van der Waals surface area contributed by atoms with Crippen molar-refractivity contribution in [1.29, 1.82) is 5.26 Å². The number of thioether (sulfide) groups is 1. The molecule has 0 amide bonds. The molecule has 0 radical (unpaired) electrons. The van der Waals surface area contributed by atoms with E-state index in [0.29, 0.717) is 0 Å². The van der Waals surface area contributed by atoms with Crippen LogP contribution in [-0.2, 0) is 0 Å². The van der Waals surface area contributed by atoms with Crippen LogP contribution in [0.3, 0.4) is 0 Å². The summed E-state index contributed by atoms with van der Waals surface area (Å²) in [6.45, 7) is 3.97. The number of allylic oxidation sites excluding steroid dienone is 1. The number of nitrogens with zero attached hydrogens (tertiary/aromatic N) is 3. The number of benzene rings is 1. The van der Waals surface area contributed by atoms with Crippen LogP contribution in [0.5, 0.6) is 0 Å². The van der Waals surface area contributed by atoms with Gasteiger partial charge in [0.2, 0.25) is 0 Å². The second-order valence-corrected chi connectivity index (χ2v) is 4.95. The molecule has 0 spiro atoms. The first-order valence-electron chi connectivity index (χ1n) is 6.04. The van der Waals surface area contributed by atoms with Gasteiger partial charge in [0.15, 0.2) is 0 Å². The summed E-state index contributed by atoms with van der Waals surface area (Å²) < 4.78 is 0. The highest BCUT2D eigenvalue weighted by atomic mass is 32.2. The molecule has 1 aliphatic heterocycles. The second-order valence-electron chi connectivity index (χ2n) is 4.13. The lowest BCUT2D eigenvalue weighted by molar-refractivity contribution is 0.341. The Hall–Kier alpha value is -1.60. The highest BCUT2D eigenvalue weighted by molar-refractivity contribution is 8.02. The highest BCUT2D eigenvalue weighted by Gasteiger charge is 2.18. The molecule has 1 aromatic rings. The van der Waals surface area contributed by atoms with Crippen LogP contribution in [0.25, 0.3) is 0 Å². The lowest BCUT2D eigenvalue weighted by atomic mass is 10.2. The van der Waals surface area contributed by atoms with Crippen molar-refractivity contribution in [3.05, 3.63) is 41.4 Å². The Morgan fingerprint density at radius 3 is 2.44 bits per heavy atom. The third-order valence-corrected chi connectivity index (χ3v) is 3.90. The minimum absolute atomic E-state index is 0.975. The molecule has 1 aromatic carbocycles. The Morgan fingerprint density at radius 1 is 1.22 bits per heavy atom. The summed E-state index contributed by atoms with van der Waals surface area (Å²) in [6, 6.07) is 12.6. The van der Waals surface area contributed by atoms with E-state index in [-0.39, 0.29) is 0 Å². The largest absolute Gasteiger partial charge is 0.368 e. The SMILES string of the molecule is CS/C(=C/C#N)N1CCN(c2ccccc2)CC1. The number of rotatable bonds is 3. The van der Waals surface area contributed by atoms with E-state index < -0.39 is 0 Å². The Bertz CT molecular complexity index is 442. The maximum absolute atomic E-state index is 8.75. The van der Waals surface area contributed by atoms with Crippen molar-refractivity contribution in [2.45, 2.75) is 0 Å². The van der Waals surface area contributed by atoms with Crippen LogP contribution in [0, 0.1) is 11.3 Å². The molecule has 0 aliphatic carbocycles. The fourth-order valence-electron chi connectivity index (χ4n) is 2.16. The van der Waals surface area contributed by atoms with E-state index in [0.717, 1.165) is 31.2 Å². The molecule has 0 aromatic heterocycles. The van der Waals surface area contributed by atoms with E-state index in [2.05, 4.69) is 40.1 Å². The predicted molar refractivity (Wildman–Crippen MR) is 77.4 cm³/mol. The molecule has 1 heterocycles. The third kappa shape index (κ3) is 2.99. The van der Waals surface area contributed by atoms with Gasteiger partial charge in [-0.05, 0) is 18.4 Å². The molecule has 0 saturated carbocycles. The van der Waals surface area contributed by atoms with Crippen molar-refractivity contribution in [2.24, 2.45) is 0 Å². The summed E-state index contributed by atoms with van der Waals surface area (Å²) in [5, 5.41) is 9.83. The van der Waals surface area contributed by atoms with Crippen molar-refractivity contribution < 1.29 is 0 Å². The van der Waals surface area contributed by atoms with Crippen molar-refractivity contribution in [3.8, 4) is 6.07 Å². The molecule has 1 fully saturated rings. The van der Waals surface area contributed by atoms with Crippen molar-refractivity contribution in [1.82, 2.24) is 4.90 Å². The van der Waals surface area contributed by atoms with E-state index in [1.807, 2.05) is 12.3 Å². The minimum atomic E-state index is 0.975. The average molecular weight is 259 g/mol. The van der Waals surface area contributed by atoms with Crippen LogP contribution >= 0.6 is 11.8 Å². The van der Waals surface area contributed by atoms with Crippen LogP contribution in [0.4, 0.5) is 5.69 Å². The Labute approximate surface area is 113 Å². The summed E-state index contributed by atoms with van der Waals surface area (Å²) in [4.78, 5) is 4.67. The first-order valence-corrected chi connectivity index (χ1v) is 7.26. The molecule has 94 valence electrons. The number of hydrogen-bond acceptors (Lipinski definition) is 4.